The largest absolute Gasteiger partial charge is 0.310 e. The third kappa shape index (κ3) is 4.98. The van der Waals surface area contributed by atoms with E-state index in [-0.39, 0.29) is 6.04 Å². The molecule has 0 amide bonds. The second kappa shape index (κ2) is 6.97. The minimum absolute atomic E-state index is 0.287. The normalized spacial score (nSPS) is 15.3. The van der Waals surface area contributed by atoms with Crippen LogP contribution in [0, 0.1) is 11.3 Å². The molecule has 2 unspecified atom stereocenters. The average molecular weight is 302 g/mol. The van der Waals surface area contributed by atoms with Gasteiger partial charge in [-0.25, -0.2) is 0 Å². The molecule has 0 aromatic heterocycles. The van der Waals surface area contributed by atoms with E-state index in [1.807, 2.05) is 18.2 Å². The van der Waals surface area contributed by atoms with E-state index in [0.717, 1.165) is 23.6 Å². The van der Waals surface area contributed by atoms with Crippen molar-refractivity contribution >= 4 is 23.2 Å². The van der Waals surface area contributed by atoms with E-state index >= 15 is 0 Å². The van der Waals surface area contributed by atoms with Gasteiger partial charge < -0.3 is 5.32 Å². The Morgan fingerprint density at radius 2 is 1.84 bits per heavy atom. The van der Waals surface area contributed by atoms with Crippen molar-refractivity contribution in [2.24, 2.45) is 11.3 Å². The summed E-state index contributed by atoms with van der Waals surface area (Å²) >= 11 is 12.2. The molecule has 3 heteroatoms. The molecule has 19 heavy (non-hydrogen) atoms. The molecule has 1 aromatic carbocycles. The van der Waals surface area contributed by atoms with Gasteiger partial charge in [-0.2, -0.15) is 0 Å². The molecule has 0 aliphatic rings. The minimum atomic E-state index is 0.287. The summed E-state index contributed by atoms with van der Waals surface area (Å²) in [5.74, 6) is 0.604. The summed E-state index contributed by atoms with van der Waals surface area (Å²) in [5, 5.41) is 5.06. The second-order valence-electron chi connectivity index (χ2n) is 6.30. The van der Waals surface area contributed by atoms with Gasteiger partial charge in [0, 0.05) is 16.1 Å². The molecule has 108 valence electrons. The Bertz CT molecular complexity index is 410. The third-order valence-electron chi connectivity index (χ3n) is 3.89. The van der Waals surface area contributed by atoms with Gasteiger partial charge in [0.15, 0.2) is 0 Å². The molecule has 1 aromatic rings. The van der Waals surface area contributed by atoms with Crippen molar-refractivity contribution < 1.29 is 0 Å². The quantitative estimate of drug-likeness (QED) is 0.734. The minimum Gasteiger partial charge on any atom is -0.310 e. The molecule has 0 bridgehead atoms. The molecule has 0 saturated carbocycles. The summed E-state index contributed by atoms with van der Waals surface area (Å²) in [6, 6.07) is 6.03. The number of rotatable bonds is 5. The number of halogens is 2. The van der Waals surface area contributed by atoms with Gasteiger partial charge in [-0.1, -0.05) is 63.9 Å². The summed E-state index contributed by atoms with van der Waals surface area (Å²) in [4.78, 5) is 0. The first kappa shape index (κ1) is 16.8. The van der Waals surface area contributed by atoms with Crippen LogP contribution in [0.2, 0.25) is 10.0 Å². The Hall–Kier alpha value is -0.240. The number of benzene rings is 1. The zero-order valence-electron chi connectivity index (χ0n) is 12.6. The smallest absolute Gasteiger partial charge is 0.0468 e. The molecule has 0 aliphatic carbocycles. The first-order chi connectivity index (χ1) is 8.75. The van der Waals surface area contributed by atoms with Crippen LogP contribution in [0.5, 0.6) is 0 Å². The van der Waals surface area contributed by atoms with Gasteiger partial charge in [-0.3, -0.25) is 0 Å². The molecule has 0 heterocycles. The lowest BCUT2D eigenvalue weighted by atomic mass is 9.82. The lowest BCUT2D eigenvalue weighted by Gasteiger charge is -2.29. The Balaban J connectivity index is 2.73. The summed E-state index contributed by atoms with van der Waals surface area (Å²) in [7, 11) is 0. The van der Waals surface area contributed by atoms with Crippen molar-refractivity contribution in [1.82, 2.24) is 5.32 Å². The molecule has 2 atom stereocenters. The Morgan fingerprint density at radius 3 is 2.32 bits per heavy atom. The van der Waals surface area contributed by atoms with Crippen LogP contribution in [0.25, 0.3) is 0 Å². The van der Waals surface area contributed by atoms with Gasteiger partial charge in [-0.15, -0.1) is 0 Å². The average Bonchev–Trinajstić information content (AvgIpc) is 2.30. The van der Waals surface area contributed by atoms with E-state index in [1.165, 1.54) is 0 Å². The molecular weight excluding hydrogens is 277 g/mol. The highest BCUT2D eigenvalue weighted by atomic mass is 35.5. The molecule has 0 aliphatic heterocycles. The highest BCUT2D eigenvalue weighted by Crippen LogP contribution is 2.29. The maximum absolute atomic E-state index is 6.28. The maximum Gasteiger partial charge on any atom is 0.0468 e. The monoisotopic (exact) mass is 301 g/mol. The van der Waals surface area contributed by atoms with Gasteiger partial charge >= 0.3 is 0 Å². The predicted octanol–water partition coefficient (Wildman–Crippen LogP) is 5.72. The van der Waals surface area contributed by atoms with Crippen LogP contribution in [-0.2, 0) is 0 Å². The molecule has 1 rings (SSSR count). The maximum atomic E-state index is 6.28. The summed E-state index contributed by atoms with van der Waals surface area (Å²) in [6.45, 7) is 12.3. The van der Waals surface area contributed by atoms with Crippen LogP contribution in [0.1, 0.15) is 52.6 Å². The van der Waals surface area contributed by atoms with Crippen molar-refractivity contribution in [3.63, 3.8) is 0 Å². The molecule has 0 saturated heterocycles. The first-order valence-electron chi connectivity index (χ1n) is 6.94. The van der Waals surface area contributed by atoms with Crippen LogP contribution < -0.4 is 5.32 Å². The summed E-state index contributed by atoms with van der Waals surface area (Å²) < 4.78 is 0. The van der Waals surface area contributed by atoms with Crippen LogP contribution in [0.3, 0.4) is 0 Å². The van der Waals surface area contributed by atoms with Crippen molar-refractivity contribution in [3.05, 3.63) is 33.8 Å². The van der Waals surface area contributed by atoms with Crippen LogP contribution in [-0.4, -0.2) is 6.54 Å². The van der Waals surface area contributed by atoms with E-state index in [4.69, 9.17) is 23.2 Å². The van der Waals surface area contributed by atoms with Gasteiger partial charge in [0.1, 0.15) is 0 Å². The van der Waals surface area contributed by atoms with Gasteiger partial charge in [0.05, 0.1) is 0 Å². The Morgan fingerprint density at radius 1 is 1.21 bits per heavy atom. The third-order valence-corrected chi connectivity index (χ3v) is 4.46. The molecule has 0 radical (unpaired) electrons. The van der Waals surface area contributed by atoms with Gasteiger partial charge in [0.25, 0.3) is 0 Å². The summed E-state index contributed by atoms with van der Waals surface area (Å²) in [5.41, 5.74) is 1.45. The van der Waals surface area contributed by atoms with E-state index in [1.54, 1.807) is 0 Å². The Labute approximate surface area is 127 Å². The lowest BCUT2D eigenvalue weighted by Crippen LogP contribution is -2.32. The second-order valence-corrected chi connectivity index (χ2v) is 7.15. The van der Waals surface area contributed by atoms with Gasteiger partial charge in [-0.05, 0) is 42.0 Å². The van der Waals surface area contributed by atoms with Crippen LogP contribution >= 0.6 is 23.2 Å². The van der Waals surface area contributed by atoms with Gasteiger partial charge in [0.2, 0.25) is 0 Å². The fourth-order valence-corrected chi connectivity index (χ4v) is 2.42. The van der Waals surface area contributed by atoms with Crippen molar-refractivity contribution in [3.8, 4) is 0 Å². The SMILES string of the molecule is CCC(NCC(C)C(C)(C)C)c1ccc(Cl)cc1Cl. The highest BCUT2D eigenvalue weighted by Gasteiger charge is 2.21. The molecule has 0 fully saturated rings. The predicted molar refractivity (Wildman–Crippen MR) is 86.1 cm³/mol. The fraction of sp³-hybridized carbons (Fsp3) is 0.625. The van der Waals surface area contributed by atoms with Crippen LogP contribution in [0.15, 0.2) is 18.2 Å². The Kier molecular flexibility index (Phi) is 6.16. The zero-order chi connectivity index (χ0) is 14.6. The summed E-state index contributed by atoms with van der Waals surface area (Å²) in [6.07, 6.45) is 1.01. The topological polar surface area (TPSA) is 12.0 Å². The standard InChI is InChI=1S/C16H25Cl2N/c1-6-15(19-10-11(2)16(3,4)5)13-8-7-12(17)9-14(13)18/h7-9,11,15,19H,6,10H2,1-5H3. The van der Waals surface area contributed by atoms with Crippen molar-refractivity contribution in [2.75, 3.05) is 6.54 Å². The molecular formula is C16H25Cl2N. The number of hydrogen-bond donors (Lipinski definition) is 1. The molecule has 1 N–H and O–H groups in total. The number of nitrogens with one attached hydrogen (secondary N) is 1. The van der Waals surface area contributed by atoms with E-state index in [0.29, 0.717) is 16.4 Å². The lowest BCUT2D eigenvalue weighted by molar-refractivity contribution is 0.244. The van der Waals surface area contributed by atoms with E-state index in [9.17, 15) is 0 Å². The zero-order valence-corrected chi connectivity index (χ0v) is 14.1. The van der Waals surface area contributed by atoms with E-state index in [2.05, 4.69) is 39.9 Å². The highest BCUT2D eigenvalue weighted by molar-refractivity contribution is 6.35. The fourth-order valence-electron chi connectivity index (χ4n) is 1.88. The van der Waals surface area contributed by atoms with Crippen molar-refractivity contribution in [1.29, 1.82) is 0 Å². The first-order valence-corrected chi connectivity index (χ1v) is 7.69. The molecule has 1 nitrogen and oxygen atoms in total. The number of hydrogen-bond acceptors (Lipinski definition) is 1. The van der Waals surface area contributed by atoms with Crippen molar-refractivity contribution in [2.45, 2.75) is 47.1 Å². The van der Waals surface area contributed by atoms with Crippen LogP contribution in [0.4, 0.5) is 0 Å². The van der Waals surface area contributed by atoms with E-state index < -0.39 is 0 Å². The molecule has 0 spiro atoms.